The molecule has 0 saturated carbocycles. The number of hydrogen-bond donors (Lipinski definition) is 3. The molecule has 43 heavy (non-hydrogen) atoms. The van der Waals surface area contributed by atoms with E-state index in [1.54, 1.807) is 12.2 Å². The smallest absolute Gasteiger partial charge is 0.275 e. The van der Waals surface area contributed by atoms with Crippen molar-refractivity contribution in [2.45, 2.75) is 67.3 Å². The Balaban J connectivity index is 0.000000911. The monoisotopic (exact) mass is 614 g/mol. The fourth-order valence-electron chi connectivity index (χ4n) is 3.17. The van der Waals surface area contributed by atoms with Gasteiger partial charge in [-0.15, -0.1) is 0 Å². The molecule has 2 heterocycles. The van der Waals surface area contributed by atoms with Gasteiger partial charge in [0, 0.05) is 18.6 Å². The van der Waals surface area contributed by atoms with E-state index in [0.717, 1.165) is 31.0 Å². The number of aldehydes is 1. The largest absolute Gasteiger partial charge is 0.311 e. The summed E-state index contributed by atoms with van der Waals surface area (Å²) in [4.78, 5) is 36.8. The van der Waals surface area contributed by atoms with Gasteiger partial charge in [-0.3, -0.25) is 24.6 Å². The predicted octanol–water partition coefficient (Wildman–Crippen LogP) is 6.21. The molecule has 3 rings (SSSR count). The first-order valence-corrected chi connectivity index (χ1v) is 15.8. The van der Waals surface area contributed by atoms with E-state index in [0.29, 0.717) is 39.8 Å². The number of allylic oxidation sites excluding steroid dienone is 1. The number of likely N-dealkylation sites (N-methyl/N-ethyl adjacent to an activating group) is 2. The SMILES string of the molecule is C/C=C\C(=N/CN(C)CCN(C)CC)C(=O)Nc1[nH]nc2sc(C=O)nc12.CC.CCC.CNC(C)(C)c1ccccc1. The van der Waals surface area contributed by atoms with E-state index in [4.69, 9.17) is 0 Å². The highest BCUT2D eigenvalue weighted by atomic mass is 32.1. The van der Waals surface area contributed by atoms with Crippen molar-refractivity contribution in [1.29, 1.82) is 0 Å². The number of nitrogens with zero attached hydrogens (tertiary/aromatic N) is 5. The Kier molecular flexibility index (Phi) is 20.6. The molecule has 0 radical (unpaired) electrons. The molecule has 1 aromatic carbocycles. The third-order valence-corrected chi connectivity index (χ3v) is 6.91. The number of hydrogen-bond acceptors (Lipinski definition) is 9. The average molecular weight is 615 g/mol. The molecule has 0 atom stereocenters. The number of amides is 1. The van der Waals surface area contributed by atoms with Crippen LogP contribution in [0.4, 0.5) is 5.82 Å². The lowest BCUT2D eigenvalue weighted by Gasteiger charge is -2.24. The average Bonchev–Trinajstić information content (AvgIpc) is 3.61. The highest BCUT2D eigenvalue weighted by Crippen LogP contribution is 2.24. The van der Waals surface area contributed by atoms with Gasteiger partial charge in [0.1, 0.15) is 11.2 Å². The van der Waals surface area contributed by atoms with Gasteiger partial charge in [-0.25, -0.2) is 4.98 Å². The summed E-state index contributed by atoms with van der Waals surface area (Å²) in [5, 5.41) is 13.1. The normalized spacial score (nSPS) is 11.4. The van der Waals surface area contributed by atoms with Gasteiger partial charge in [-0.2, -0.15) is 5.10 Å². The van der Waals surface area contributed by atoms with Crippen molar-refractivity contribution in [2.75, 3.05) is 52.8 Å². The van der Waals surface area contributed by atoms with Crippen molar-refractivity contribution < 1.29 is 9.59 Å². The zero-order valence-electron chi connectivity index (χ0n) is 28.1. The number of aromatic nitrogens is 3. The zero-order valence-corrected chi connectivity index (χ0v) is 28.9. The second kappa shape index (κ2) is 22.3. The molecule has 0 spiro atoms. The Morgan fingerprint density at radius 2 is 1.70 bits per heavy atom. The van der Waals surface area contributed by atoms with Gasteiger partial charge in [0.05, 0.1) is 6.67 Å². The van der Waals surface area contributed by atoms with Crippen LogP contribution >= 0.6 is 11.3 Å². The molecular formula is C32H54N8O2S. The Morgan fingerprint density at radius 3 is 2.23 bits per heavy atom. The number of aromatic amines is 1. The lowest BCUT2D eigenvalue weighted by Crippen LogP contribution is -2.32. The fraction of sp³-hybridized carbons (Fsp3) is 0.531. The Hall–Kier alpha value is -3.25. The van der Waals surface area contributed by atoms with Crippen molar-refractivity contribution in [1.82, 2.24) is 30.3 Å². The van der Waals surface area contributed by atoms with Crippen LogP contribution in [-0.4, -0.2) is 90.3 Å². The number of benzene rings is 1. The minimum absolute atomic E-state index is 0.0846. The summed E-state index contributed by atoms with van der Waals surface area (Å²) in [7, 11) is 6.01. The molecule has 2 aromatic heterocycles. The molecule has 11 heteroatoms. The zero-order chi connectivity index (χ0) is 32.8. The Morgan fingerprint density at radius 1 is 1.09 bits per heavy atom. The van der Waals surface area contributed by atoms with Crippen molar-refractivity contribution in [2.24, 2.45) is 4.99 Å². The molecule has 10 nitrogen and oxygen atoms in total. The van der Waals surface area contributed by atoms with E-state index in [1.807, 2.05) is 45.8 Å². The van der Waals surface area contributed by atoms with Crippen LogP contribution in [0.3, 0.4) is 0 Å². The van der Waals surface area contributed by atoms with Crippen LogP contribution < -0.4 is 10.6 Å². The first-order valence-electron chi connectivity index (χ1n) is 15.0. The van der Waals surface area contributed by atoms with Gasteiger partial charge in [0.25, 0.3) is 5.91 Å². The number of nitrogens with one attached hydrogen (secondary N) is 3. The van der Waals surface area contributed by atoms with E-state index in [9.17, 15) is 9.59 Å². The maximum atomic E-state index is 12.6. The number of fused-ring (bicyclic) bond motifs is 1. The van der Waals surface area contributed by atoms with E-state index in [-0.39, 0.29) is 11.4 Å². The van der Waals surface area contributed by atoms with Crippen LogP contribution in [0.25, 0.3) is 10.3 Å². The number of rotatable bonds is 12. The van der Waals surface area contributed by atoms with E-state index < -0.39 is 0 Å². The topological polar surface area (TPSA) is 119 Å². The summed E-state index contributed by atoms with van der Waals surface area (Å²) >= 11 is 1.16. The summed E-state index contributed by atoms with van der Waals surface area (Å²) in [6, 6.07) is 10.4. The summed E-state index contributed by atoms with van der Waals surface area (Å²) in [6.45, 7) is 19.7. The summed E-state index contributed by atoms with van der Waals surface area (Å²) in [5.41, 5.74) is 2.18. The minimum atomic E-state index is -0.363. The lowest BCUT2D eigenvalue weighted by atomic mass is 9.95. The number of carbonyl (C=O) groups is 2. The number of H-pyrrole nitrogens is 1. The Bertz CT molecular complexity index is 1230. The second-order valence-electron chi connectivity index (χ2n) is 9.98. The summed E-state index contributed by atoms with van der Waals surface area (Å²) in [5.74, 6) is -0.00661. The van der Waals surface area contributed by atoms with Gasteiger partial charge >= 0.3 is 0 Å². The molecule has 0 bridgehead atoms. The van der Waals surface area contributed by atoms with Gasteiger partial charge in [-0.05, 0) is 60.1 Å². The molecule has 0 saturated heterocycles. The van der Waals surface area contributed by atoms with Crippen LogP contribution in [0, 0.1) is 0 Å². The molecule has 0 fully saturated rings. The third kappa shape index (κ3) is 14.7. The van der Waals surface area contributed by atoms with E-state index in [2.05, 4.69) is 102 Å². The third-order valence-electron chi connectivity index (χ3n) is 6.03. The number of carbonyl (C=O) groups excluding carboxylic acids is 2. The van der Waals surface area contributed by atoms with Gasteiger partial charge < -0.3 is 15.5 Å². The van der Waals surface area contributed by atoms with Crippen molar-refractivity contribution >= 4 is 45.4 Å². The molecule has 240 valence electrons. The van der Waals surface area contributed by atoms with Gasteiger partial charge in [-0.1, -0.05) is 88.8 Å². The van der Waals surface area contributed by atoms with Crippen LogP contribution in [0.1, 0.15) is 77.2 Å². The van der Waals surface area contributed by atoms with Crippen molar-refractivity contribution in [3.8, 4) is 0 Å². The highest BCUT2D eigenvalue weighted by Gasteiger charge is 2.17. The highest BCUT2D eigenvalue weighted by molar-refractivity contribution is 7.19. The van der Waals surface area contributed by atoms with E-state index >= 15 is 0 Å². The minimum Gasteiger partial charge on any atom is -0.311 e. The summed E-state index contributed by atoms with van der Waals surface area (Å²) in [6.07, 6.45) is 5.34. The Labute approximate surface area is 263 Å². The maximum Gasteiger partial charge on any atom is 0.275 e. The number of thiazole rings is 1. The summed E-state index contributed by atoms with van der Waals surface area (Å²) < 4.78 is 0. The lowest BCUT2D eigenvalue weighted by molar-refractivity contribution is -0.110. The predicted molar refractivity (Wildman–Crippen MR) is 185 cm³/mol. The fourth-order valence-corrected chi connectivity index (χ4v) is 3.88. The molecule has 0 unspecified atom stereocenters. The van der Waals surface area contributed by atoms with Crippen molar-refractivity contribution in [3.05, 3.63) is 53.1 Å². The maximum absolute atomic E-state index is 12.6. The van der Waals surface area contributed by atoms with Gasteiger partial charge in [0.2, 0.25) is 0 Å². The molecule has 1 amide bonds. The van der Waals surface area contributed by atoms with Crippen molar-refractivity contribution in [3.63, 3.8) is 0 Å². The number of aliphatic imine (C=N–C) groups is 1. The first kappa shape index (κ1) is 39.8. The van der Waals surface area contributed by atoms with Crippen LogP contribution in [-0.2, 0) is 10.3 Å². The standard InChI is InChI=1S/C17H25N7O2S.C10H15N.C3H8.C2H6/c1-5-7-12(18-11-24(4)9-8-23(3)6-2)16(26)20-15-14-17(22-21-15)27-13(10-25)19-14;1-10(2,11-3)9-7-5-4-6-8-9;1-3-2;1-2/h5,7,10H,6,8-9,11H2,1-4H3,(H2,20,21,22,26);4-8,11H,1-3H3;3H2,1-2H3;1-2H3/b7-5-,18-12+;;;. The molecule has 0 aliphatic heterocycles. The molecule has 0 aliphatic carbocycles. The van der Waals surface area contributed by atoms with Gasteiger partial charge in [0.15, 0.2) is 21.9 Å². The van der Waals surface area contributed by atoms with Crippen LogP contribution in [0.2, 0.25) is 0 Å². The quantitative estimate of drug-likeness (QED) is 0.164. The molecule has 0 aliphatic rings. The number of anilines is 1. The van der Waals surface area contributed by atoms with E-state index in [1.165, 1.54) is 12.0 Å². The molecule has 3 aromatic rings. The van der Waals surface area contributed by atoms with Crippen LogP contribution in [0.15, 0.2) is 47.5 Å². The first-order chi connectivity index (χ1) is 20.6. The van der Waals surface area contributed by atoms with Crippen LogP contribution in [0.5, 0.6) is 0 Å². The second-order valence-corrected chi connectivity index (χ2v) is 11.0. The molecule has 3 N–H and O–H groups in total. The molecular weight excluding hydrogens is 560 g/mol.